The molecule has 4 heteroatoms. The van der Waals surface area contributed by atoms with Gasteiger partial charge in [-0.25, -0.2) is 0 Å². The first-order chi connectivity index (χ1) is 9.01. The van der Waals surface area contributed by atoms with Gasteiger partial charge in [-0.2, -0.15) is 0 Å². The summed E-state index contributed by atoms with van der Waals surface area (Å²) in [5, 5.41) is 4.81. The second-order valence-electron chi connectivity index (χ2n) is 6.14. The molecular weight excluding hydrogens is 281 g/mol. The van der Waals surface area contributed by atoms with Crippen LogP contribution in [0, 0.1) is 5.41 Å². The summed E-state index contributed by atoms with van der Waals surface area (Å²) >= 11 is 12.3. The Balaban J connectivity index is 2.07. The summed E-state index contributed by atoms with van der Waals surface area (Å²) in [6, 6.07) is 6.07. The molecule has 1 aromatic carbocycles. The lowest BCUT2D eigenvalue weighted by Gasteiger charge is -2.37. The van der Waals surface area contributed by atoms with Gasteiger partial charge in [0.2, 0.25) is 0 Å². The lowest BCUT2D eigenvalue weighted by molar-refractivity contribution is 0.0962. The molecule has 1 aliphatic carbocycles. The third-order valence-electron chi connectivity index (χ3n) is 5.16. The number of nitrogens with one attached hydrogen (secondary N) is 1. The summed E-state index contributed by atoms with van der Waals surface area (Å²) in [7, 11) is 1.81. The molecule has 1 saturated heterocycles. The third kappa shape index (κ3) is 1.92. The Hall–Kier alpha value is -0.280. The molecule has 1 aliphatic heterocycles. The van der Waals surface area contributed by atoms with Gasteiger partial charge in [0.1, 0.15) is 0 Å². The lowest BCUT2D eigenvalue weighted by Crippen LogP contribution is -2.38. The van der Waals surface area contributed by atoms with E-state index >= 15 is 0 Å². The normalized spacial score (nSPS) is 37.6. The summed E-state index contributed by atoms with van der Waals surface area (Å²) in [4.78, 5) is 0. The van der Waals surface area contributed by atoms with Crippen molar-refractivity contribution in [2.24, 2.45) is 5.41 Å². The minimum Gasteiger partial charge on any atom is -0.381 e. The minimum absolute atomic E-state index is 0.113. The highest BCUT2D eigenvalue weighted by Gasteiger charge is 2.59. The maximum atomic E-state index is 6.21. The lowest BCUT2D eigenvalue weighted by atomic mass is 9.65. The van der Waals surface area contributed by atoms with Crippen LogP contribution in [0.15, 0.2) is 18.2 Å². The molecule has 2 aliphatic rings. The minimum atomic E-state index is 0.113. The Labute approximate surface area is 124 Å². The molecule has 0 radical (unpaired) electrons. The fraction of sp³-hybridized carbons (Fsp3) is 0.600. The van der Waals surface area contributed by atoms with E-state index in [0.29, 0.717) is 16.1 Å². The van der Waals surface area contributed by atoms with E-state index in [0.717, 1.165) is 25.9 Å². The molecular formula is C15H19Cl2NO. The summed E-state index contributed by atoms with van der Waals surface area (Å²) in [6.07, 6.45) is 2.48. The number of methoxy groups -OCH3 is 1. The molecule has 3 rings (SSSR count). The highest BCUT2D eigenvalue weighted by atomic mass is 35.5. The molecule has 0 amide bonds. The van der Waals surface area contributed by atoms with E-state index in [1.165, 1.54) is 5.56 Å². The highest BCUT2D eigenvalue weighted by molar-refractivity contribution is 6.42. The molecule has 3 atom stereocenters. The summed E-state index contributed by atoms with van der Waals surface area (Å²) in [5.41, 5.74) is 1.63. The molecule has 104 valence electrons. The van der Waals surface area contributed by atoms with Crippen LogP contribution >= 0.6 is 23.2 Å². The van der Waals surface area contributed by atoms with Crippen LogP contribution in [0.2, 0.25) is 10.0 Å². The molecule has 2 nitrogen and oxygen atoms in total. The van der Waals surface area contributed by atoms with Crippen molar-refractivity contribution in [2.75, 3.05) is 20.2 Å². The Kier molecular flexibility index (Phi) is 3.33. The number of hydrogen-bond donors (Lipinski definition) is 1. The monoisotopic (exact) mass is 299 g/mol. The number of hydrogen-bond acceptors (Lipinski definition) is 2. The average molecular weight is 300 g/mol. The first kappa shape index (κ1) is 13.7. The molecule has 1 N–H and O–H groups in total. The highest BCUT2D eigenvalue weighted by Crippen LogP contribution is 2.57. The Morgan fingerprint density at radius 1 is 1.21 bits per heavy atom. The Bertz CT molecular complexity index is 507. The van der Waals surface area contributed by atoms with Crippen molar-refractivity contribution in [3.8, 4) is 0 Å². The molecule has 19 heavy (non-hydrogen) atoms. The van der Waals surface area contributed by atoms with Crippen molar-refractivity contribution >= 4 is 23.2 Å². The topological polar surface area (TPSA) is 21.3 Å². The van der Waals surface area contributed by atoms with Crippen molar-refractivity contribution in [1.29, 1.82) is 0 Å². The van der Waals surface area contributed by atoms with E-state index in [-0.39, 0.29) is 10.8 Å². The maximum absolute atomic E-state index is 6.21. The third-order valence-corrected chi connectivity index (χ3v) is 5.90. The van der Waals surface area contributed by atoms with Crippen LogP contribution in [0.5, 0.6) is 0 Å². The van der Waals surface area contributed by atoms with E-state index in [1.807, 2.05) is 19.2 Å². The predicted octanol–water partition coefficient (Wildman–Crippen LogP) is 3.65. The van der Waals surface area contributed by atoms with Gasteiger partial charge in [-0.05, 0) is 36.0 Å². The fourth-order valence-electron chi connectivity index (χ4n) is 4.01. The summed E-state index contributed by atoms with van der Waals surface area (Å²) in [6.45, 7) is 4.38. The van der Waals surface area contributed by atoms with Crippen molar-refractivity contribution < 1.29 is 4.74 Å². The van der Waals surface area contributed by atoms with Gasteiger partial charge in [-0.3, -0.25) is 0 Å². The number of rotatable bonds is 2. The summed E-state index contributed by atoms with van der Waals surface area (Å²) < 4.78 is 5.63. The van der Waals surface area contributed by atoms with Crippen molar-refractivity contribution in [1.82, 2.24) is 5.32 Å². The standard InChI is InChI=1S/C15H19Cl2NO/c1-14-6-11(19-2)7-15(14,9-18-8-14)10-3-4-12(16)13(17)5-10/h3-5,11,18H,6-9H2,1-2H3. The molecule has 1 saturated carbocycles. The van der Waals surface area contributed by atoms with Crippen molar-refractivity contribution in [2.45, 2.75) is 31.3 Å². The quantitative estimate of drug-likeness (QED) is 0.900. The summed E-state index contributed by atoms with van der Waals surface area (Å²) in [5.74, 6) is 0. The van der Waals surface area contributed by atoms with E-state index in [1.54, 1.807) is 0 Å². The smallest absolute Gasteiger partial charge is 0.0595 e. The maximum Gasteiger partial charge on any atom is 0.0595 e. The largest absolute Gasteiger partial charge is 0.381 e. The van der Waals surface area contributed by atoms with Crippen LogP contribution in [-0.4, -0.2) is 26.3 Å². The van der Waals surface area contributed by atoms with E-state index < -0.39 is 0 Å². The van der Waals surface area contributed by atoms with Gasteiger partial charge in [0.25, 0.3) is 0 Å². The van der Waals surface area contributed by atoms with Crippen molar-refractivity contribution in [3.63, 3.8) is 0 Å². The van der Waals surface area contributed by atoms with Gasteiger partial charge in [-0.15, -0.1) is 0 Å². The number of fused-ring (bicyclic) bond motifs is 1. The SMILES string of the molecule is COC1CC2(C)CNCC2(c2ccc(Cl)c(Cl)c2)C1. The Morgan fingerprint density at radius 2 is 2.00 bits per heavy atom. The first-order valence-corrected chi connectivity index (χ1v) is 7.45. The molecule has 2 fully saturated rings. The predicted molar refractivity (Wildman–Crippen MR) is 79.1 cm³/mol. The molecule has 1 heterocycles. The zero-order valence-electron chi connectivity index (χ0n) is 11.3. The number of benzene rings is 1. The molecule has 1 aromatic rings. The van der Waals surface area contributed by atoms with Crippen LogP contribution in [0.3, 0.4) is 0 Å². The van der Waals surface area contributed by atoms with Crippen LogP contribution in [0.1, 0.15) is 25.3 Å². The van der Waals surface area contributed by atoms with Crippen LogP contribution in [-0.2, 0) is 10.2 Å². The van der Waals surface area contributed by atoms with E-state index in [2.05, 4.69) is 18.3 Å². The Morgan fingerprint density at radius 3 is 2.68 bits per heavy atom. The van der Waals surface area contributed by atoms with Gasteiger partial charge in [0.05, 0.1) is 16.1 Å². The number of halogens is 2. The number of ether oxygens (including phenoxy) is 1. The van der Waals surface area contributed by atoms with E-state index in [9.17, 15) is 0 Å². The van der Waals surface area contributed by atoms with Crippen LogP contribution < -0.4 is 5.32 Å². The average Bonchev–Trinajstić information content (AvgIpc) is 2.83. The second kappa shape index (κ2) is 4.63. The second-order valence-corrected chi connectivity index (χ2v) is 6.96. The van der Waals surface area contributed by atoms with Gasteiger partial charge in [0.15, 0.2) is 0 Å². The van der Waals surface area contributed by atoms with Gasteiger partial charge in [0, 0.05) is 25.6 Å². The molecule has 3 unspecified atom stereocenters. The van der Waals surface area contributed by atoms with Gasteiger partial charge >= 0.3 is 0 Å². The fourth-order valence-corrected chi connectivity index (χ4v) is 4.31. The van der Waals surface area contributed by atoms with Gasteiger partial charge in [-0.1, -0.05) is 36.2 Å². The van der Waals surface area contributed by atoms with Crippen LogP contribution in [0.4, 0.5) is 0 Å². The van der Waals surface area contributed by atoms with E-state index in [4.69, 9.17) is 27.9 Å². The molecule has 0 bridgehead atoms. The molecule has 0 spiro atoms. The van der Waals surface area contributed by atoms with Crippen LogP contribution in [0.25, 0.3) is 0 Å². The first-order valence-electron chi connectivity index (χ1n) is 6.70. The molecule has 0 aromatic heterocycles. The van der Waals surface area contributed by atoms with Gasteiger partial charge < -0.3 is 10.1 Å². The zero-order chi connectivity index (χ0) is 13.7. The zero-order valence-corrected chi connectivity index (χ0v) is 12.8. The van der Waals surface area contributed by atoms with Crippen molar-refractivity contribution in [3.05, 3.63) is 33.8 Å².